The molecule has 0 unspecified atom stereocenters. The van der Waals surface area contributed by atoms with Gasteiger partial charge in [-0.1, -0.05) is 19.9 Å². The number of methoxy groups -OCH3 is 1. The number of carbonyl (C=O) groups is 2. The van der Waals surface area contributed by atoms with E-state index in [1.807, 2.05) is 32.0 Å². The number of hydrogen-bond donors (Lipinski definition) is 1. The Bertz CT molecular complexity index is 943. The van der Waals surface area contributed by atoms with Gasteiger partial charge in [0.05, 0.1) is 13.7 Å². The molecule has 0 atom stereocenters. The van der Waals surface area contributed by atoms with Crippen molar-refractivity contribution in [2.75, 3.05) is 20.8 Å². The molecule has 1 aromatic heterocycles. The number of carbonyl (C=O) groups excluding carboxylic acids is 2. The monoisotopic (exact) mass is 398 g/mol. The molecule has 0 saturated heterocycles. The molecule has 2 aromatic rings. The summed E-state index contributed by atoms with van der Waals surface area (Å²) in [7, 11) is 3.36. The Labute approximate surface area is 172 Å². The van der Waals surface area contributed by atoms with Crippen LogP contribution in [0.25, 0.3) is 0 Å². The molecule has 6 nitrogen and oxygen atoms in total. The fraction of sp³-hybridized carbons (Fsp3) is 0.478. The Kier molecular flexibility index (Phi) is 5.73. The van der Waals surface area contributed by atoms with Gasteiger partial charge in [0.1, 0.15) is 5.69 Å². The minimum absolute atomic E-state index is 0.0908. The molecule has 1 amide bonds. The van der Waals surface area contributed by atoms with Crippen LogP contribution in [-0.4, -0.2) is 42.3 Å². The number of ketones is 1. The first kappa shape index (κ1) is 21.0. The van der Waals surface area contributed by atoms with E-state index in [1.54, 1.807) is 19.1 Å². The summed E-state index contributed by atoms with van der Waals surface area (Å²) in [4.78, 5) is 30.6. The van der Waals surface area contributed by atoms with Crippen molar-refractivity contribution in [1.82, 2.24) is 9.88 Å². The molecule has 1 N–H and O–H groups in total. The highest BCUT2D eigenvalue weighted by molar-refractivity contribution is 6.04. The van der Waals surface area contributed by atoms with Crippen LogP contribution in [0.5, 0.6) is 11.5 Å². The molecule has 0 saturated carbocycles. The van der Waals surface area contributed by atoms with E-state index < -0.39 is 0 Å². The molecule has 0 radical (unpaired) electrons. The van der Waals surface area contributed by atoms with Crippen molar-refractivity contribution < 1.29 is 19.1 Å². The minimum Gasteiger partial charge on any atom is -0.493 e. The summed E-state index contributed by atoms with van der Waals surface area (Å²) in [5.41, 5.74) is 3.68. The van der Waals surface area contributed by atoms with Gasteiger partial charge in [0.2, 0.25) is 0 Å². The zero-order valence-corrected chi connectivity index (χ0v) is 18.1. The summed E-state index contributed by atoms with van der Waals surface area (Å²) in [6.07, 6.45) is 1.27. The summed E-state index contributed by atoms with van der Waals surface area (Å²) >= 11 is 0. The minimum atomic E-state index is -0.129. The molecule has 1 aliphatic rings. The van der Waals surface area contributed by atoms with Crippen LogP contribution in [0, 0.1) is 12.3 Å². The quantitative estimate of drug-likeness (QED) is 0.793. The third-order valence-corrected chi connectivity index (χ3v) is 5.41. The molecule has 0 bridgehead atoms. The lowest BCUT2D eigenvalue weighted by molar-refractivity contribution is 0.0778. The van der Waals surface area contributed by atoms with Crippen molar-refractivity contribution >= 4 is 11.7 Å². The standard InChI is InChI=1S/C23H30N2O4/c1-7-29-18-9-8-15(10-19(18)28-6)13-25(5)22(27)21-14(2)20-16(24-21)11-23(3,4)12-17(20)26/h8-10,24H,7,11-13H2,1-6H3. The Morgan fingerprint density at radius 3 is 2.62 bits per heavy atom. The molecule has 0 spiro atoms. The highest BCUT2D eigenvalue weighted by Gasteiger charge is 2.35. The first-order chi connectivity index (χ1) is 13.7. The van der Waals surface area contributed by atoms with Gasteiger partial charge in [-0.05, 0) is 48.9 Å². The first-order valence-electron chi connectivity index (χ1n) is 9.96. The van der Waals surface area contributed by atoms with Crippen LogP contribution in [-0.2, 0) is 13.0 Å². The molecule has 0 aliphatic heterocycles. The smallest absolute Gasteiger partial charge is 0.270 e. The fourth-order valence-corrected chi connectivity index (χ4v) is 4.07. The van der Waals surface area contributed by atoms with Crippen molar-refractivity contribution in [3.05, 3.63) is 46.3 Å². The topological polar surface area (TPSA) is 71.6 Å². The Hall–Kier alpha value is -2.76. The van der Waals surface area contributed by atoms with Crippen LogP contribution in [0.4, 0.5) is 0 Å². The number of aromatic amines is 1. The normalized spacial score (nSPS) is 15.0. The number of H-pyrrole nitrogens is 1. The van der Waals surface area contributed by atoms with E-state index in [-0.39, 0.29) is 17.1 Å². The summed E-state index contributed by atoms with van der Waals surface area (Å²) in [6, 6.07) is 5.67. The largest absolute Gasteiger partial charge is 0.493 e. The molecule has 3 rings (SSSR count). The summed E-state index contributed by atoms with van der Waals surface area (Å²) in [5, 5.41) is 0. The van der Waals surface area contributed by atoms with E-state index in [2.05, 4.69) is 18.8 Å². The number of amides is 1. The van der Waals surface area contributed by atoms with Gasteiger partial charge in [-0.25, -0.2) is 0 Å². The fourth-order valence-electron chi connectivity index (χ4n) is 4.07. The number of rotatable bonds is 6. The highest BCUT2D eigenvalue weighted by Crippen LogP contribution is 2.37. The van der Waals surface area contributed by atoms with Crippen molar-refractivity contribution in [2.45, 2.75) is 47.1 Å². The number of Topliss-reactive ketones (excluding diaryl/α,β-unsaturated/α-hetero) is 1. The zero-order chi connectivity index (χ0) is 21.3. The summed E-state index contributed by atoms with van der Waals surface area (Å²) < 4.78 is 10.9. The average molecular weight is 399 g/mol. The molecule has 156 valence electrons. The second-order valence-electron chi connectivity index (χ2n) is 8.50. The van der Waals surface area contributed by atoms with Gasteiger partial charge in [0.25, 0.3) is 5.91 Å². The predicted octanol–water partition coefficient (Wildman–Crippen LogP) is 4.16. The first-order valence-corrected chi connectivity index (χ1v) is 9.96. The van der Waals surface area contributed by atoms with Crippen LogP contribution in [0.15, 0.2) is 18.2 Å². The van der Waals surface area contributed by atoms with E-state index in [0.29, 0.717) is 42.3 Å². The second-order valence-corrected chi connectivity index (χ2v) is 8.50. The van der Waals surface area contributed by atoms with Crippen molar-refractivity contribution in [3.63, 3.8) is 0 Å². The molecule has 29 heavy (non-hydrogen) atoms. The van der Waals surface area contributed by atoms with Gasteiger partial charge in [-0.2, -0.15) is 0 Å². The third kappa shape index (κ3) is 4.16. The van der Waals surface area contributed by atoms with E-state index in [0.717, 1.165) is 23.2 Å². The second kappa shape index (κ2) is 7.93. The maximum atomic E-state index is 13.1. The molecule has 1 aliphatic carbocycles. The van der Waals surface area contributed by atoms with E-state index in [4.69, 9.17) is 9.47 Å². The van der Waals surface area contributed by atoms with Gasteiger partial charge >= 0.3 is 0 Å². The molecule has 6 heteroatoms. The van der Waals surface area contributed by atoms with Crippen molar-refractivity contribution in [3.8, 4) is 11.5 Å². The highest BCUT2D eigenvalue weighted by atomic mass is 16.5. The summed E-state index contributed by atoms with van der Waals surface area (Å²) in [6.45, 7) is 8.91. The van der Waals surface area contributed by atoms with Crippen LogP contribution in [0.3, 0.4) is 0 Å². The lowest BCUT2D eigenvalue weighted by Gasteiger charge is -2.28. The van der Waals surface area contributed by atoms with Crippen molar-refractivity contribution in [1.29, 1.82) is 0 Å². The van der Waals surface area contributed by atoms with Gasteiger partial charge in [-0.3, -0.25) is 9.59 Å². The van der Waals surface area contributed by atoms with Crippen LogP contribution < -0.4 is 9.47 Å². The van der Waals surface area contributed by atoms with Gasteiger partial charge < -0.3 is 19.4 Å². The predicted molar refractivity (Wildman–Crippen MR) is 112 cm³/mol. The summed E-state index contributed by atoms with van der Waals surface area (Å²) in [5.74, 6) is 1.31. The third-order valence-electron chi connectivity index (χ3n) is 5.41. The van der Waals surface area contributed by atoms with Gasteiger partial charge in [0.15, 0.2) is 17.3 Å². The lowest BCUT2D eigenvalue weighted by Crippen LogP contribution is -2.27. The Balaban J connectivity index is 1.82. The van der Waals surface area contributed by atoms with E-state index in [9.17, 15) is 9.59 Å². The number of ether oxygens (including phenoxy) is 2. The molecule has 1 aromatic carbocycles. The number of aromatic nitrogens is 1. The number of nitrogens with zero attached hydrogens (tertiary/aromatic N) is 1. The Morgan fingerprint density at radius 2 is 1.97 bits per heavy atom. The maximum Gasteiger partial charge on any atom is 0.270 e. The maximum absolute atomic E-state index is 13.1. The molecule has 0 fully saturated rings. The molecular formula is C23H30N2O4. The zero-order valence-electron chi connectivity index (χ0n) is 18.1. The lowest BCUT2D eigenvalue weighted by atomic mass is 9.75. The van der Waals surface area contributed by atoms with Gasteiger partial charge in [-0.15, -0.1) is 0 Å². The van der Waals surface area contributed by atoms with E-state index in [1.165, 1.54) is 0 Å². The molecule has 1 heterocycles. The number of nitrogens with one attached hydrogen (secondary N) is 1. The van der Waals surface area contributed by atoms with Crippen molar-refractivity contribution in [2.24, 2.45) is 5.41 Å². The van der Waals surface area contributed by atoms with Gasteiger partial charge in [0, 0.05) is 31.3 Å². The van der Waals surface area contributed by atoms with E-state index >= 15 is 0 Å². The number of hydrogen-bond acceptors (Lipinski definition) is 4. The Morgan fingerprint density at radius 1 is 1.24 bits per heavy atom. The number of benzene rings is 1. The molecular weight excluding hydrogens is 368 g/mol. The van der Waals surface area contributed by atoms with Crippen LogP contribution in [0.1, 0.15) is 64.9 Å². The number of fused-ring (bicyclic) bond motifs is 1. The average Bonchev–Trinajstić information content (AvgIpc) is 2.97. The van der Waals surface area contributed by atoms with Crippen LogP contribution in [0.2, 0.25) is 0 Å². The SMILES string of the molecule is CCOc1ccc(CN(C)C(=O)c2[nH]c3c(c2C)C(=O)CC(C)(C)C3)cc1OC. The van der Waals surface area contributed by atoms with Crippen LogP contribution >= 0.6 is 0 Å².